The van der Waals surface area contributed by atoms with Gasteiger partial charge in [0.2, 0.25) is 0 Å². The van der Waals surface area contributed by atoms with Gasteiger partial charge in [-0.05, 0) is 18.1 Å². The van der Waals surface area contributed by atoms with Crippen molar-refractivity contribution in [3.8, 4) is 0 Å². The smallest absolute Gasteiger partial charge is 0.345 e. The van der Waals surface area contributed by atoms with Crippen LogP contribution in [0.5, 0.6) is 0 Å². The van der Waals surface area contributed by atoms with E-state index in [-0.39, 0.29) is 15.6 Å². The first-order valence-electron chi connectivity index (χ1n) is 6.37. The second-order valence-corrected chi connectivity index (χ2v) is 8.20. The molecule has 0 fully saturated rings. The third-order valence-corrected chi connectivity index (χ3v) is 6.67. The summed E-state index contributed by atoms with van der Waals surface area (Å²) in [4.78, 5) is 12.9. The maximum absolute atomic E-state index is 11.2. The summed E-state index contributed by atoms with van der Waals surface area (Å²) in [5.41, 5.74) is 1.23. The topological polar surface area (TPSA) is 37.3 Å². The van der Waals surface area contributed by atoms with Gasteiger partial charge in [-0.3, -0.25) is 0 Å². The zero-order chi connectivity index (χ0) is 13.9. The van der Waals surface area contributed by atoms with Crippen LogP contribution in [-0.4, -0.2) is 58.2 Å². The highest BCUT2D eigenvalue weighted by molar-refractivity contribution is 7.14. The summed E-state index contributed by atoms with van der Waals surface area (Å²) in [6.07, 6.45) is 0.969. The van der Waals surface area contributed by atoms with Crippen molar-refractivity contribution < 1.29 is 9.90 Å². The van der Waals surface area contributed by atoms with Gasteiger partial charge in [-0.1, -0.05) is 15.6 Å². The monoisotopic (exact) mass is 254 g/mol. The first kappa shape index (κ1) is 14.0. The molecule has 0 aromatic carbocycles. The predicted molar refractivity (Wildman–Crippen MR) is 93.3 cm³/mol. The minimum atomic E-state index is -0.805. The van der Waals surface area contributed by atoms with E-state index in [1.807, 2.05) is 6.07 Å². The molecule has 1 aromatic rings. The zero-order valence-corrected chi connectivity index (χ0v) is 12.9. The minimum absolute atomic E-state index is 0.00567. The van der Waals surface area contributed by atoms with E-state index in [4.69, 9.17) is 0 Å². The van der Waals surface area contributed by atoms with E-state index in [1.54, 1.807) is 0 Å². The van der Waals surface area contributed by atoms with Crippen LogP contribution in [0.2, 0.25) is 10.4 Å². The van der Waals surface area contributed by atoms with Gasteiger partial charge >= 0.3 is 5.97 Å². The minimum Gasteiger partial charge on any atom is -0.477 e. The molecule has 1 aromatic heterocycles. The van der Waals surface area contributed by atoms with Crippen LogP contribution in [0.4, 0.5) is 0 Å². The Bertz CT molecular complexity index is 521. The lowest BCUT2D eigenvalue weighted by atomic mass is 9.15. The first-order chi connectivity index (χ1) is 8.00. The molecule has 1 aliphatic carbocycles. The van der Waals surface area contributed by atoms with Crippen LogP contribution in [0.1, 0.15) is 20.1 Å². The quantitative estimate of drug-likeness (QED) is 0.521. The summed E-state index contributed by atoms with van der Waals surface area (Å²) in [5.74, 6) is -0.805. The van der Waals surface area contributed by atoms with Crippen LogP contribution in [-0.2, 0) is 11.6 Å². The number of hydrogen-bond acceptors (Lipinski definition) is 2. The molecule has 0 saturated carbocycles. The largest absolute Gasteiger partial charge is 0.477 e. The van der Waals surface area contributed by atoms with E-state index in [0.29, 0.717) is 4.88 Å². The SMILES string of the molecule is BC1(B)Cc2sc(C(=O)O)cc2C(B)(B)C1(B)B. The lowest BCUT2D eigenvalue weighted by Crippen LogP contribution is -2.54. The molecule has 9 heteroatoms. The fraction of sp³-hybridized carbons (Fsp3) is 0.444. The van der Waals surface area contributed by atoms with Gasteiger partial charge < -0.3 is 5.11 Å². The van der Waals surface area contributed by atoms with E-state index in [1.165, 1.54) is 21.8 Å². The van der Waals surface area contributed by atoms with E-state index in [9.17, 15) is 9.90 Å². The molecule has 0 saturated heterocycles. The molecule has 2 rings (SSSR count). The van der Waals surface area contributed by atoms with Crippen molar-refractivity contribution in [3.63, 3.8) is 0 Å². The molecule has 0 spiro atoms. The van der Waals surface area contributed by atoms with Crippen molar-refractivity contribution in [1.29, 1.82) is 0 Å². The highest BCUT2D eigenvalue weighted by atomic mass is 32.1. The third kappa shape index (κ3) is 1.66. The van der Waals surface area contributed by atoms with E-state index >= 15 is 0 Å². The third-order valence-electron chi connectivity index (χ3n) is 5.55. The summed E-state index contributed by atoms with van der Waals surface area (Å²) < 4.78 is 0. The number of hydrogen-bond donors (Lipinski definition) is 1. The fourth-order valence-corrected chi connectivity index (χ4v) is 4.39. The van der Waals surface area contributed by atoms with Gasteiger partial charge in [0.25, 0.3) is 0 Å². The number of carbonyl (C=O) groups is 1. The molecule has 0 amide bonds. The predicted octanol–water partition coefficient (Wildman–Crippen LogP) is -3.81. The van der Waals surface area contributed by atoms with E-state index < -0.39 is 5.97 Å². The molecule has 18 heavy (non-hydrogen) atoms. The Hall–Kier alpha value is -0.440. The van der Waals surface area contributed by atoms with Gasteiger partial charge in [0.15, 0.2) is 0 Å². The number of thiophene rings is 1. The zero-order valence-electron chi connectivity index (χ0n) is 12.0. The highest BCUT2D eigenvalue weighted by Crippen LogP contribution is 2.60. The standard InChI is InChI=1S/C9H16B6O2S/c10-7(11)2-5-3(1-4(18-5)6(16)17)8(12,13)9(7,14)15/h1H,2,10-15H2,(H,16,17). The Morgan fingerprint density at radius 3 is 2.28 bits per heavy atom. The molecule has 0 radical (unpaired) electrons. The summed E-state index contributed by atoms with van der Waals surface area (Å²) in [5, 5.41) is 9.47. The maximum atomic E-state index is 11.2. The Morgan fingerprint density at radius 2 is 1.78 bits per heavy atom. The van der Waals surface area contributed by atoms with Crippen LogP contribution in [0.25, 0.3) is 0 Å². The van der Waals surface area contributed by atoms with Crippen LogP contribution < -0.4 is 0 Å². The number of carboxylic acids is 1. The molecule has 1 N–H and O–H groups in total. The van der Waals surface area contributed by atoms with Crippen LogP contribution in [0.3, 0.4) is 0 Å². The van der Waals surface area contributed by atoms with Crippen LogP contribution in [0, 0.1) is 0 Å². The van der Waals surface area contributed by atoms with Crippen molar-refractivity contribution >= 4 is 64.4 Å². The van der Waals surface area contributed by atoms with Gasteiger partial charge in [-0.25, -0.2) is 4.79 Å². The van der Waals surface area contributed by atoms with Gasteiger partial charge in [0.1, 0.15) is 20.6 Å². The average molecular weight is 253 g/mol. The summed E-state index contributed by atoms with van der Waals surface area (Å²) in [7, 11) is 13.7. The van der Waals surface area contributed by atoms with Gasteiger partial charge in [0, 0.05) is 4.88 Å². The second-order valence-electron chi connectivity index (χ2n) is 7.06. The molecular formula is C9H16B6O2S. The lowest BCUT2D eigenvalue weighted by molar-refractivity contribution is 0.0702. The molecule has 0 unspecified atom stereocenters. The number of aromatic carboxylic acids is 1. The van der Waals surface area contributed by atoms with E-state index in [2.05, 4.69) is 47.1 Å². The molecule has 1 heterocycles. The lowest BCUT2D eigenvalue weighted by Gasteiger charge is -2.57. The molecule has 0 aliphatic heterocycles. The maximum Gasteiger partial charge on any atom is 0.345 e. The molecule has 88 valence electrons. The van der Waals surface area contributed by atoms with Crippen LogP contribution in [0.15, 0.2) is 6.07 Å². The van der Waals surface area contributed by atoms with Crippen molar-refractivity contribution in [1.82, 2.24) is 0 Å². The van der Waals surface area contributed by atoms with Gasteiger partial charge in [-0.15, -0.1) is 11.3 Å². The molecule has 2 nitrogen and oxygen atoms in total. The van der Waals surface area contributed by atoms with E-state index in [0.717, 1.165) is 6.42 Å². The van der Waals surface area contributed by atoms with Gasteiger partial charge in [-0.2, -0.15) is 0 Å². The molecule has 0 atom stereocenters. The highest BCUT2D eigenvalue weighted by Gasteiger charge is 2.52. The number of fused-ring (bicyclic) bond motifs is 1. The number of carboxylic acid groups (broad SMARTS) is 1. The number of rotatable bonds is 1. The van der Waals surface area contributed by atoms with Crippen molar-refractivity contribution in [2.24, 2.45) is 0 Å². The summed E-state index contributed by atoms with van der Waals surface area (Å²) in [6, 6.07) is 1.89. The molecule has 0 bridgehead atoms. The molecular weight excluding hydrogens is 237 g/mol. The summed E-state index contributed by atoms with van der Waals surface area (Å²) >= 11 is 1.45. The van der Waals surface area contributed by atoms with Crippen molar-refractivity contribution in [2.45, 2.75) is 22.1 Å². The Labute approximate surface area is 118 Å². The van der Waals surface area contributed by atoms with Crippen LogP contribution >= 0.6 is 11.3 Å². The normalized spacial score (nSPS) is 23.1. The Balaban J connectivity index is 2.66. The van der Waals surface area contributed by atoms with Crippen molar-refractivity contribution in [3.05, 3.63) is 21.4 Å². The fourth-order valence-electron chi connectivity index (χ4n) is 3.00. The second kappa shape index (κ2) is 3.78. The Morgan fingerprint density at radius 1 is 1.22 bits per heavy atom. The average Bonchev–Trinajstić information content (AvgIpc) is 2.59. The summed E-state index contributed by atoms with van der Waals surface area (Å²) in [6.45, 7) is 0. The van der Waals surface area contributed by atoms with Crippen molar-refractivity contribution in [2.75, 3.05) is 0 Å². The Kier molecular flexibility index (Phi) is 2.94. The van der Waals surface area contributed by atoms with Gasteiger partial charge in [0.05, 0.1) is 31.4 Å². The molecule has 1 aliphatic rings. The first-order valence-corrected chi connectivity index (χ1v) is 7.19.